The zero-order chi connectivity index (χ0) is 11.1. The first-order chi connectivity index (χ1) is 6.51. The molecule has 0 aliphatic carbocycles. The normalized spacial score (nSPS) is 17.2. The average molecular weight is 221 g/mol. The van der Waals surface area contributed by atoms with Crippen LogP contribution in [0.3, 0.4) is 0 Å². The van der Waals surface area contributed by atoms with E-state index >= 15 is 0 Å². The fourth-order valence-electron chi connectivity index (χ4n) is 1.40. The maximum absolute atomic E-state index is 10.7. The molecule has 0 heterocycles. The van der Waals surface area contributed by atoms with E-state index in [1.54, 1.807) is 0 Å². The summed E-state index contributed by atoms with van der Waals surface area (Å²) in [6.45, 7) is 7.82. The second-order valence-corrected chi connectivity index (χ2v) is 4.31. The third-order valence-corrected chi connectivity index (χ3v) is 3.02. The van der Waals surface area contributed by atoms with Crippen molar-refractivity contribution in [3.63, 3.8) is 0 Å². The van der Waals surface area contributed by atoms with Crippen LogP contribution in [0, 0.1) is 11.8 Å². The number of esters is 1. The molecule has 0 aromatic heterocycles. The molecule has 0 fully saturated rings. The lowest BCUT2D eigenvalue weighted by molar-refractivity contribution is -0.144. The van der Waals surface area contributed by atoms with Crippen LogP contribution in [0.1, 0.15) is 47.0 Å². The molecule has 0 bridgehead atoms. The van der Waals surface area contributed by atoms with Gasteiger partial charge >= 0.3 is 5.97 Å². The van der Waals surface area contributed by atoms with Crippen LogP contribution in [0.5, 0.6) is 0 Å². The summed E-state index contributed by atoms with van der Waals surface area (Å²) >= 11 is 6.00. The number of rotatable bonds is 6. The molecule has 0 amide bonds. The van der Waals surface area contributed by atoms with E-state index in [0.29, 0.717) is 5.92 Å². The Balaban J connectivity index is 4.04. The van der Waals surface area contributed by atoms with Gasteiger partial charge in [0.2, 0.25) is 0 Å². The first-order valence-electron chi connectivity index (χ1n) is 5.32. The van der Waals surface area contributed by atoms with E-state index < -0.39 is 5.56 Å². The summed E-state index contributed by atoms with van der Waals surface area (Å²) in [5, 5.41) is 0. The molecular formula is C11H21ClO2. The van der Waals surface area contributed by atoms with Gasteiger partial charge in [0, 0.05) is 12.8 Å². The molecule has 0 aliphatic rings. The Morgan fingerprint density at radius 2 is 1.93 bits per heavy atom. The van der Waals surface area contributed by atoms with Gasteiger partial charge < -0.3 is 4.74 Å². The highest BCUT2D eigenvalue weighted by atomic mass is 35.5. The van der Waals surface area contributed by atoms with E-state index in [9.17, 15) is 4.79 Å². The van der Waals surface area contributed by atoms with Gasteiger partial charge in [-0.2, -0.15) is 0 Å². The third-order valence-electron chi connectivity index (χ3n) is 2.58. The van der Waals surface area contributed by atoms with Crippen LogP contribution in [0.25, 0.3) is 0 Å². The number of carbonyl (C=O) groups is 1. The highest BCUT2D eigenvalue weighted by molar-refractivity contribution is 6.20. The Kier molecular flexibility index (Phi) is 6.98. The molecule has 14 heavy (non-hydrogen) atoms. The molecule has 0 spiro atoms. The number of ether oxygens (including phenoxy) is 1. The Labute approximate surface area is 92.0 Å². The zero-order valence-corrected chi connectivity index (χ0v) is 10.3. The summed E-state index contributed by atoms with van der Waals surface area (Å²) in [5.41, 5.74) is -0.466. The van der Waals surface area contributed by atoms with E-state index in [2.05, 4.69) is 20.8 Å². The lowest BCUT2D eigenvalue weighted by Crippen LogP contribution is -2.22. The lowest BCUT2D eigenvalue weighted by atomic mass is 9.92. The van der Waals surface area contributed by atoms with Crippen molar-refractivity contribution in [1.29, 1.82) is 0 Å². The van der Waals surface area contributed by atoms with Crippen molar-refractivity contribution in [3.8, 4) is 0 Å². The van der Waals surface area contributed by atoms with Crippen LogP contribution in [-0.2, 0) is 9.53 Å². The van der Waals surface area contributed by atoms with E-state index in [4.69, 9.17) is 16.3 Å². The highest BCUT2D eigenvalue weighted by Crippen LogP contribution is 2.25. The van der Waals surface area contributed by atoms with Crippen LogP contribution in [0.4, 0.5) is 0 Å². The van der Waals surface area contributed by atoms with Crippen molar-refractivity contribution < 1.29 is 9.53 Å². The van der Waals surface area contributed by atoms with Crippen LogP contribution in [0.2, 0.25) is 0 Å². The molecule has 84 valence electrons. The molecule has 0 radical (unpaired) electrons. The standard InChI is InChI=1S/C11H21ClO2/c1-5-8(3)7-10(6-2)11(12)14-9(4)13/h8,10-11H,5-7H2,1-4H3. The van der Waals surface area contributed by atoms with Crippen LogP contribution < -0.4 is 0 Å². The van der Waals surface area contributed by atoms with Gasteiger partial charge in [-0.1, -0.05) is 38.8 Å². The Hall–Kier alpha value is -0.240. The second kappa shape index (κ2) is 7.10. The van der Waals surface area contributed by atoms with Crippen molar-refractivity contribution >= 4 is 17.6 Å². The van der Waals surface area contributed by atoms with E-state index in [-0.39, 0.29) is 11.9 Å². The summed E-state index contributed by atoms with van der Waals surface area (Å²) < 4.78 is 4.98. The summed E-state index contributed by atoms with van der Waals surface area (Å²) in [6.07, 6.45) is 3.11. The Bertz CT molecular complexity index is 171. The van der Waals surface area contributed by atoms with Gasteiger partial charge in [-0.25, -0.2) is 0 Å². The molecule has 0 aliphatic heterocycles. The number of carbonyl (C=O) groups excluding carboxylic acids is 1. The van der Waals surface area contributed by atoms with E-state index in [1.165, 1.54) is 6.92 Å². The molecule has 3 unspecified atom stereocenters. The molecule has 0 aromatic rings. The second-order valence-electron chi connectivity index (χ2n) is 3.88. The number of hydrogen-bond acceptors (Lipinski definition) is 2. The van der Waals surface area contributed by atoms with Gasteiger partial charge in [-0.05, 0) is 18.8 Å². The number of hydrogen-bond donors (Lipinski definition) is 0. The Morgan fingerprint density at radius 3 is 2.29 bits per heavy atom. The first-order valence-corrected chi connectivity index (χ1v) is 5.76. The third kappa shape index (κ3) is 5.48. The molecule has 0 rings (SSSR count). The zero-order valence-electron chi connectivity index (χ0n) is 9.55. The molecular weight excluding hydrogens is 200 g/mol. The van der Waals surface area contributed by atoms with Gasteiger partial charge in [0.1, 0.15) is 0 Å². The molecule has 0 N–H and O–H groups in total. The summed E-state index contributed by atoms with van der Waals surface area (Å²) in [6, 6.07) is 0. The molecule has 3 heteroatoms. The Morgan fingerprint density at radius 1 is 1.36 bits per heavy atom. The number of alkyl halides is 1. The predicted octanol–water partition coefficient (Wildman–Crippen LogP) is 3.58. The summed E-state index contributed by atoms with van der Waals surface area (Å²) in [4.78, 5) is 10.7. The van der Waals surface area contributed by atoms with Crippen molar-refractivity contribution in [1.82, 2.24) is 0 Å². The van der Waals surface area contributed by atoms with Gasteiger partial charge in [0.05, 0.1) is 0 Å². The SMILES string of the molecule is CCC(C)CC(CC)C(Cl)OC(C)=O. The minimum atomic E-state index is -0.466. The van der Waals surface area contributed by atoms with Gasteiger partial charge in [0.15, 0.2) is 5.56 Å². The summed E-state index contributed by atoms with van der Waals surface area (Å²) in [7, 11) is 0. The summed E-state index contributed by atoms with van der Waals surface area (Å²) in [5.74, 6) is 0.611. The van der Waals surface area contributed by atoms with Crippen molar-refractivity contribution in [2.75, 3.05) is 0 Å². The molecule has 2 nitrogen and oxygen atoms in total. The van der Waals surface area contributed by atoms with Crippen molar-refractivity contribution in [3.05, 3.63) is 0 Å². The van der Waals surface area contributed by atoms with Crippen molar-refractivity contribution in [2.24, 2.45) is 11.8 Å². The number of halogens is 1. The molecule has 0 aromatic carbocycles. The van der Waals surface area contributed by atoms with Gasteiger partial charge in [-0.15, -0.1) is 0 Å². The maximum atomic E-state index is 10.7. The smallest absolute Gasteiger partial charge is 0.304 e. The monoisotopic (exact) mass is 220 g/mol. The van der Waals surface area contributed by atoms with Crippen LogP contribution in [0.15, 0.2) is 0 Å². The highest BCUT2D eigenvalue weighted by Gasteiger charge is 2.21. The topological polar surface area (TPSA) is 26.3 Å². The van der Waals surface area contributed by atoms with Crippen molar-refractivity contribution in [2.45, 2.75) is 52.5 Å². The minimum absolute atomic E-state index is 0.274. The predicted molar refractivity (Wildman–Crippen MR) is 59.3 cm³/mol. The van der Waals surface area contributed by atoms with Crippen LogP contribution >= 0.6 is 11.6 Å². The first kappa shape index (κ1) is 13.8. The average Bonchev–Trinajstić information content (AvgIpc) is 2.12. The van der Waals surface area contributed by atoms with Gasteiger partial charge in [-0.3, -0.25) is 4.79 Å². The molecule has 0 saturated heterocycles. The molecule has 0 saturated carbocycles. The fourth-order valence-corrected chi connectivity index (χ4v) is 1.80. The van der Waals surface area contributed by atoms with E-state index in [1.807, 2.05) is 0 Å². The molecule has 3 atom stereocenters. The fraction of sp³-hybridized carbons (Fsp3) is 0.909. The van der Waals surface area contributed by atoms with Gasteiger partial charge in [0.25, 0.3) is 0 Å². The quantitative estimate of drug-likeness (QED) is 0.505. The van der Waals surface area contributed by atoms with Crippen LogP contribution in [-0.4, -0.2) is 11.5 Å². The lowest BCUT2D eigenvalue weighted by Gasteiger charge is -2.23. The van der Waals surface area contributed by atoms with E-state index in [0.717, 1.165) is 19.3 Å². The largest absolute Gasteiger partial charge is 0.446 e. The minimum Gasteiger partial charge on any atom is -0.446 e. The maximum Gasteiger partial charge on any atom is 0.304 e.